The van der Waals surface area contributed by atoms with Gasteiger partial charge in [0.1, 0.15) is 5.60 Å². The molecule has 5 aliphatic rings. The van der Waals surface area contributed by atoms with Gasteiger partial charge in [0.15, 0.2) is 0 Å². The number of hydrogen-bond acceptors (Lipinski definition) is 5. The van der Waals surface area contributed by atoms with Crippen molar-refractivity contribution >= 4 is 23.2 Å². The summed E-state index contributed by atoms with van der Waals surface area (Å²) < 4.78 is 0. The Morgan fingerprint density at radius 1 is 0.780 bits per heavy atom. The molecule has 0 aromatic heterocycles. The van der Waals surface area contributed by atoms with Crippen LogP contribution in [0.3, 0.4) is 0 Å². The molecule has 7 heteroatoms. The third kappa shape index (κ3) is 4.80. The predicted molar refractivity (Wildman–Crippen MR) is 161 cm³/mol. The standard InChI is InChI=1S/C34H44N4O3/c39-31(36-20-22-37(23-21-36)32(40)33(41)16-17-33)25-12-14-27(15-13-25)38-19-18-34(26-8-4-2-1-3-5-9-26)28-10-6-7-11-29(28)35-30(34)24-38/h6-7,10-15,26,30,35,41H,1-5,8-9,16-24H2. The lowest BCUT2D eigenvalue weighted by atomic mass is 9.60. The zero-order valence-corrected chi connectivity index (χ0v) is 24.2. The lowest BCUT2D eigenvalue weighted by molar-refractivity contribution is -0.143. The second-order valence-electron chi connectivity index (χ2n) is 13.2. The molecule has 2 saturated carbocycles. The Labute approximate surface area is 243 Å². The van der Waals surface area contributed by atoms with Gasteiger partial charge in [-0.25, -0.2) is 0 Å². The van der Waals surface area contributed by atoms with Crippen molar-refractivity contribution in [3.05, 3.63) is 59.7 Å². The van der Waals surface area contributed by atoms with Crippen LogP contribution in [0.25, 0.3) is 0 Å². The van der Waals surface area contributed by atoms with Crippen LogP contribution in [-0.2, 0) is 10.2 Å². The van der Waals surface area contributed by atoms with E-state index in [-0.39, 0.29) is 17.2 Å². The molecule has 2 saturated heterocycles. The third-order valence-corrected chi connectivity index (χ3v) is 10.9. The number of benzene rings is 2. The van der Waals surface area contributed by atoms with E-state index >= 15 is 0 Å². The molecule has 3 heterocycles. The molecule has 0 bridgehead atoms. The largest absolute Gasteiger partial charge is 0.380 e. The van der Waals surface area contributed by atoms with Crippen LogP contribution in [0.4, 0.5) is 11.4 Å². The molecule has 2 aliphatic carbocycles. The molecule has 0 spiro atoms. The minimum Gasteiger partial charge on any atom is -0.380 e. The van der Waals surface area contributed by atoms with Gasteiger partial charge in [0.2, 0.25) is 0 Å². The molecule has 7 rings (SSSR count). The number of amides is 2. The van der Waals surface area contributed by atoms with E-state index in [2.05, 4.69) is 46.6 Å². The summed E-state index contributed by atoms with van der Waals surface area (Å²) in [5.41, 5.74) is 3.82. The number of carbonyl (C=O) groups excluding carboxylic acids is 2. The maximum Gasteiger partial charge on any atom is 0.254 e. The van der Waals surface area contributed by atoms with Crippen molar-refractivity contribution in [2.24, 2.45) is 5.92 Å². The first-order valence-electron chi connectivity index (χ1n) is 16.0. The Bertz CT molecular complexity index is 1280. The number of piperazine rings is 1. The SMILES string of the molecule is O=C(c1ccc(N2CCC3(C4CCCCCCC4)c4ccccc4NC3C2)cc1)N1CCN(C(=O)C2(O)CC2)CC1. The molecule has 2 amide bonds. The van der Waals surface area contributed by atoms with Crippen LogP contribution in [0, 0.1) is 5.92 Å². The summed E-state index contributed by atoms with van der Waals surface area (Å²) in [4.78, 5) is 31.8. The maximum absolute atomic E-state index is 13.3. The van der Waals surface area contributed by atoms with Gasteiger partial charge in [0.25, 0.3) is 11.8 Å². The summed E-state index contributed by atoms with van der Waals surface area (Å²) in [5, 5.41) is 14.1. The lowest BCUT2D eigenvalue weighted by Crippen LogP contribution is -2.57. The highest BCUT2D eigenvalue weighted by molar-refractivity contribution is 5.95. The molecule has 2 unspecified atom stereocenters. The third-order valence-electron chi connectivity index (χ3n) is 10.9. The Hall–Kier alpha value is -3.06. The van der Waals surface area contributed by atoms with Gasteiger partial charge in [0.05, 0.1) is 6.04 Å². The molecule has 218 valence electrons. The number of rotatable bonds is 4. The number of para-hydroxylation sites is 1. The predicted octanol–water partition coefficient (Wildman–Crippen LogP) is 4.80. The van der Waals surface area contributed by atoms with Gasteiger partial charge in [-0.1, -0.05) is 50.3 Å². The minimum absolute atomic E-state index is 0.0173. The summed E-state index contributed by atoms with van der Waals surface area (Å²) >= 11 is 0. The van der Waals surface area contributed by atoms with Gasteiger partial charge in [-0.15, -0.1) is 0 Å². The topological polar surface area (TPSA) is 76.1 Å². The molecule has 2 N–H and O–H groups in total. The van der Waals surface area contributed by atoms with Crippen LogP contribution >= 0.6 is 0 Å². The van der Waals surface area contributed by atoms with Crippen molar-refractivity contribution in [3.63, 3.8) is 0 Å². The molecule has 4 fully saturated rings. The van der Waals surface area contributed by atoms with Crippen molar-refractivity contribution in [1.82, 2.24) is 9.80 Å². The normalized spacial score (nSPS) is 27.7. The molecule has 41 heavy (non-hydrogen) atoms. The lowest BCUT2D eigenvalue weighted by Gasteiger charge is -2.50. The van der Waals surface area contributed by atoms with E-state index in [0.29, 0.717) is 50.6 Å². The first-order valence-corrected chi connectivity index (χ1v) is 16.0. The van der Waals surface area contributed by atoms with Gasteiger partial charge in [-0.05, 0) is 73.9 Å². The van der Waals surface area contributed by atoms with Crippen molar-refractivity contribution in [1.29, 1.82) is 0 Å². The van der Waals surface area contributed by atoms with Crippen LogP contribution in [0.5, 0.6) is 0 Å². The van der Waals surface area contributed by atoms with Crippen molar-refractivity contribution < 1.29 is 14.7 Å². The molecule has 3 aliphatic heterocycles. The second kappa shape index (κ2) is 10.6. The number of fused-ring (bicyclic) bond motifs is 3. The number of nitrogens with zero attached hydrogens (tertiary/aromatic N) is 3. The smallest absolute Gasteiger partial charge is 0.254 e. The van der Waals surface area contributed by atoms with E-state index < -0.39 is 5.60 Å². The number of carbonyl (C=O) groups is 2. The van der Waals surface area contributed by atoms with Crippen molar-refractivity contribution in [2.75, 3.05) is 49.5 Å². The van der Waals surface area contributed by atoms with Gasteiger partial charge < -0.3 is 25.1 Å². The first-order chi connectivity index (χ1) is 20.0. The van der Waals surface area contributed by atoms with Gasteiger partial charge in [-0.2, -0.15) is 0 Å². The Morgan fingerprint density at radius 2 is 1.44 bits per heavy atom. The monoisotopic (exact) mass is 556 g/mol. The van der Waals surface area contributed by atoms with Crippen LogP contribution in [-0.4, -0.2) is 77.6 Å². The molecule has 0 radical (unpaired) electrons. The van der Waals surface area contributed by atoms with Gasteiger partial charge in [0, 0.05) is 61.6 Å². The zero-order chi connectivity index (χ0) is 28.0. The van der Waals surface area contributed by atoms with Crippen molar-refractivity contribution in [3.8, 4) is 0 Å². The summed E-state index contributed by atoms with van der Waals surface area (Å²) in [6.07, 6.45) is 11.8. The minimum atomic E-state index is -1.14. The van der Waals surface area contributed by atoms with E-state index in [1.54, 1.807) is 10.5 Å². The molecule has 2 aromatic rings. The van der Waals surface area contributed by atoms with E-state index in [1.165, 1.54) is 56.3 Å². The summed E-state index contributed by atoms with van der Waals surface area (Å²) in [7, 11) is 0. The van der Waals surface area contributed by atoms with Gasteiger partial charge >= 0.3 is 0 Å². The zero-order valence-electron chi connectivity index (χ0n) is 24.2. The number of nitrogens with one attached hydrogen (secondary N) is 1. The fraction of sp³-hybridized carbons (Fsp3) is 0.588. The molecule has 2 atom stereocenters. The summed E-state index contributed by atoms with van der Waals surface area (Å²) in [5.74, 6) is 0.576. The van der Waals surface area contributed by atoms with E-state index in [9.17, 15) is 14.7 Å². The van der Waals surface area contributed by atoms with E-state index in [1.807, 2.05) is 17.0 Å². The number of aliphatic hydroxyl groups is 1. The van der Waals surface area contributed by atoms with E-state index in [0.717, 1.165) is 25.4 Å². The van der Waals surface area contributed by atoms with Crippen LogP contribution < -0.4 is 10.2 Å². The average Bonchev–Trinajstić information content (AvgIpc) is 3.66. The number of hydrogen-bond donors (Lipinski definition) is 2. The van der Waals surface area contributed by atoms with Crippen LogP contribution in [0.1, 0.15) is 80.1 Å². The molecule has 2 aromatic carbocycles. The second-order valence-corrected chi connectivity index (χ2v) is 13.2. The highest BCUT2D eigenvalue weighted by atomic mass is 16.3. The maximum atomic E-state index is 13.3. The quantitative estimate of drug-likeness (QED) is 0.566. The van der Waals surface area contributed by atoms with Crippen molar-refractivity contribution in [2.45, 2.75) is 81.3 Å². The molecular formula is C34H44N4O3. The molecule has 7 nitrogen and oxygen atoms in total. The fourth-order valence-corrected chi connectivity index (χ4v) is 8.32. The van der Waals surface area contributed by atoms with Crippen LogP contribution in [0.2, 0.25) is 0 Å². The first kappa shape index (κ1) is 26.8. The average molecular weight is 557 g/mol. The van der Waals surface area contributed by atoms with E-state index in [4.69, 9.17) is 0 Å². The summed E-state index contributed by atoms with van der Waals surface area (Å²) in [6, 6.07) is 17.6. The number of piperidine rings is 1. The Kier molecular flexibility index (Phi) is 6.96. The fourth-order valence-electron chi connectivity index (χ4n) is 8.32. The van der Waals surface area contributed by atoms with Crippen LogP contribution in [0.15, 0.2) is 48.5 Å². The Balaban J connectivity index is 1.03. The Morgan fingerprint density at radius 3 is 2.15 bits per heavy atom. The molecular weight excluding hydrogens is 512 g/mol. The summed E-state index contributed by atoms with van der Waals surface area (Å²) in [6.45, 7) is 3.98. The number of anilines is 2. The highest BCUT2D eigenvalue weighted by Gasteiger charge is 2.54. The van der Waals surface area contributed by atoms with Gasteiger partial charge in [-0.3, -0.25) is 9.59 Å². The highest BCUT2D eigenvalue weighted by Crippen LogP contribution is 2.54.